The number of carbonyl (C=O) groups is 1. The Kier molecular flexibility index (Phi) is 6.31. The molecule has 1 aromatic carbocycles. The number of hydrogen-bond acceptors (Lipinski definition) is 6. The predicted octanol–water partition coefficient (Wildman–Crippen LogP) is 2.54. The number of hydrogen-bond donors (Lipinski definition) is 0. The molecule has 0 bridgehead atoms. The highest BCUT2D eigenvalue weighted by molar-refractivity contribution is 5.63. The van der Waals surface area contributed by atoms with Gasteiger partial charge in [0, 0.05) is 18.7 Å². The van der Waals surface area contributed by atoms with E-state index in [-0.39, 0.29) is 18.0 Å². The Morgan fingerprint density at radius 3 is 2.47 bits per heavy atom. The maximum Gasteiger partial charge on any atom is 0.513 e. The number of nitrogens with zero attached hydrogens (tertiary/aromatic N) is 1. The molecule has 0 N–H and O–H groups in total. The fraction of sp³-hybridized carbons (Fsp3) is 0.417. The lowest BCUT2D eigenvalue weighted by atomic mass is 10.3. The van der Waals surface area contributed by atoms with Crippen molar-refractivity contribution >= 4 is 11.8 Å². The highest BCUT2D eigenvalue weighted by Gasteiger charge is 2.08. The molecule has 7 heteroatoms. The van der Waals surface area contributed by atoms with Crippen LogP contribution in [0.4, 0.5) is 10.5 Å². The van der Waals surface area contributed by atoms with Gasteiger partial charge in [-0.15, -0.1) is 0 Å². The third-order valence-corrected chi connectivity index (χ3v) is 2.04. The van der Waals surface area contributed by atoms with E-state index in [0.29, 0.717) is 13.2 Å². The van der Waals surface area contributed by atoms with Crippen molar-refractivity contribution < 1.29 is 23.9 Å². The molecule has 1 aromatic rings. The van der Waals surface area contributed by atoms with Gasteiger partial charge in [0.2, 0.25) is 0 Å². The maximum absolute atomic E-state index is 11.2. The van der Waals surface area contributed by atoms with Crippen LogP contribution < -0.4 is 4.74 Å². The van der Waals surface area contributed by atoms with Crippen LogP contribution in [0.15, 0.2) is 24.3 Å². The highest BCUT2D eigenvalue weighted by Crippen LogP contribution is 2.17. The van der Waals surface area contributed by atoms with Crippen molar-refractivity contribution in [3.8, 4) is 5.75 Å². The minimum absolute atomic E-state index is 0.0753. The van der Waals surface area contributed by atoms with E-state index in [4.69, 9.17) is 14.2 Å². The van der Waals surface area contributed by atoms with Gasteiger partial charge in [0.1, 0.15) is 12.4 Å². The van der Waals surface area contributed by atoms with Gasteiger partial charge < -0.3 is 14.2 Å². The van der Waals surface area contributed by atoms with E-state index in [2.05, 4.69) is 0 Å². The number of rotatable bonds is 7. The fourth-order valence-electron chi connectivity index (χ4n) is 1.19. The average molecular weight is 269 g/mol. The molecule has 0 aliphatic rings. The predicted molar refractivity (Wildman–Crippen MR) is 66.2 cm³/mol. The van der Waals surface area contributed by atoms with Crippen LogP contribution in [0.3, 0.4) is 0 Å². The number of nitro benzene ring substituents is 1. The molecule has 19 heavy (non-hydrogen) atoms. The molecule has 1 rings (SSSR count). The van der Waals surface area contributed by atoms with Crippen LogP contribution in [-0.2, 0) is 9.47 Å². The minimum atomic E-state index is -0.867. The topological polar surface area (TPSA) is 87.9 Å². The summed E-state index contributed by atoms with van der Waals surface area (Å²) in [5.74, 6) is 0.185. The van der Waals surface area contributed by atoms with Crippen LogP contribution in [0, 0.1) is 10.1 Å². The zero-order valence-electron chi connectivity index (χ0n) is 10.5. The smallest absolute Gasteiger partial charge is 0.432 e. The van der Waals surface area contributed by atoms with Crippen LogP contribution in [0.25, 0.3) is 0 Å². The van der Waals surface area contributed by atoms with Gasteiger partial charge in [-0.05, 0) is 18.6 Å². The zero-order chi connectivity index (χ0) is 14.1. The van der Waals surface area contributed by atoms with E-state index in [0.717, 1.165) is 6.42 Å². The molecule has 0 aliphatic carbocycles. The Labute approximate surface area is 110 Å². The van der Waals surface area contributed by atoms with E-state index in [1.54, 1.807) is 0 Å². The standard InChI is InChI=1S/C12H15NO6/c1-2-7-17-8-9-18-12(14)19-11-5-3-10(4-6-11)13(15)16/h3-6H,2,7-9H2,1H3. The summed E-state index contributed by atoms with van der Waals surface area (Å²) >= 11 is 0. The summed E-state index contributed by atoms with van der Waals surface area (Å²) in [4.78, 5) is 21.1. The molecule has 0 aromatic heterocycles. The number of ether oxygens (including phenoxy) is 3. The SMILES string of the molecule is CCCOCCOC(=O)Oc1ccc([N+](=O)[O-])cc1. The van der Waals surface area contributed by atoms with Crippen LogP contribution >= 0.6 is 0 Å². The van der Waals surface area contributed by atoms with Gasteiger partial charge in [-0.2, -0.15) is 0 Å². The molecule has 0 heterocycles. The first-order valence-electron chi connectivity index (χ1n) is 5.80. The van der Waals surface area contributed by atoms with Crippen molar-refractivity contribution in [2.24, 2.45) is 0 Å². The summed E-state index contributed by atoms with van der Waals surface area (Å²) < 4.78 is 14.7. The van der Waals surface area contributed by atoms with Gasteiger partial charge in [0.05, 0.1) is 11.5 Å². The molecule has 0 aliphatic heterocycles. The van der Waals surface area contributed by atoms with Crippen LogP contribution in [0.2, 0.25) is 0 Å². The molecule has 7 nitrogen and oxygen atoms in total. The highest BCUT2D eigenvalue weighted by atomic mass is 16.7. The quantitative estimate of drug-likeness (QED) is 0.248. The van der Waals surface area contributed by atoms with Gasteiger partial charge in [0.15, 0.2) is 0 Å². The van der Waals surface area contributed by atoms with Gasteiger partial charge in [-0.1, -0.05) is 6.92 Å². The van der Waals surface area contributed by atoms with Gasteiger partial charge in [-0.25, -0.2) is 4.79 Å². The molecule has 0 spiro atoms. The first-order chi connectivity index (χ1) is 9.13. The second kappa shape index (κ2) is 8.04. The summed E-state index contributed by atoms with van der Waals surface area (Å²) in [5, 5.41) is 10.4. The van der Waals surface area contributed by atoms with Gasteiger partial charge in [-0.3, -0.25) is 10.1 Å². The molecule has 0 saturated carbocycles. The zero-order valence-corrected chi connectivity index (χ0v) is 10.5. The lowest BCUT2D eigenvalue weighted by Crippen LogP contribution is -2.14. The largest absolute Gasteiger partial charge is 0.513 e. The van der Waals surface area contributed by atoms with Crippen LogP contribution in [0.1, 0.15) is 13.3 Å². The molecule has 0 radical (unpaired) electrons. The molecule has 0 amide bonds. The van der Waals surface area contributed by atoms with Crippen LogP contribution in [0.5, 0.6) is 5.75 Å². The monoisotopic (exact) mass is 269 g/mol. The second-order valence-electron chi connectivity index (χ2n) is 3.56. The molecule has 104 valence electrons. The fourth-order valence-corrected chi connectivity index (χ4v) is 1.19. The number of carbonyl (C=O) groups excluding carboxylic acids is 1. The van der Waals surface area contributed by atoms with E-state index >= 15 is 0 Å². The Morgan fingerprint density at radius 2 is 1.89 bits per heavy atom. The number of non-ortho nitro benzene ring substituents is 1. The van der Waals surface area contributed by atoms with Crippen molar-refractivity contribution in [1.29, 1.82) is 0 Å². The Hall–Kier alpha value is -2.15. The van der Waals surface area contributed by atoms with E-state index < -0.39 is 11.1 Å². The third-order valence-electron chi connectivity index (χ3n) is 2.04. The third kappa shape index (κ3) is 5.82. The number of nitro groups is 1. The van der Waals surface area contributed by atoms with Crippen molar-refractivity contribution in [2.45, 2.75) is 13.3 Å². The van der Waals surface area contributed by atoms with Crippen molar-refractivity contribution in [1.82, 2.24) is 0 Å². The second-order valence-corrected chi connectivity index (χ2v) is 3.56. The molecule has 0 unspecified atom stereocenters. The van der Waals surface area contributed by atoms with Gasteiger partial charge in [0.25, 0.3) is 5.69 Å². The summed E-state index contributed by atoms with van der Waals surface area (Å²) in [7, 11) is 0. The van der Waals surface area contributed by atoms with Crippen LogP contribution in [-0.4, -0.2) is 30.9 Å². The van der Waals surface area contributed by atoms with Gasteiger partial charge >= 0.3 is 6.16 Å². The molecular weight excluding hydrogens is 254 g/mol. The van der Waals surface area contributed by atoms with E-state index in [1.807, 2.05) is 6.92 Å². The Morgan fingerprint density at radius 1 is 1.21 bits per heavy atom. The number of benzene rings is 1. The Balaban J connectivity index is 2.30. The summed E-state index contributed by atoms with van der Waals surface area (Å²) in [5.41, 5.74) is -0.0753. The summed E-state index contributed by atoms with van der Waals surface area (Å²) in [6.07, 6.45) is 0.0294. The summed E-state index contributed by atoms with van der Waals surface area (Å²) in [6, 6.07) is 5.14. The molecule has 0 atom stereocenters. The van der Waals surface area contributed by atoms with Crippen molar-refractivity contribution in [2.75, 3.05) is 19.8 Å². The lowest BCUT2D eigenvalue weighted by Gasteiger charge is -2.06. The van der Waals surface area contributed by atoms with E-state index in [1.165, 1.54) is 24.3 Å². The molecule has 0 fully saturated rings. The van der Waals surface area contributed by atoms with Crippen molar-refractivity contribution in [3.05, 3.63) is 34.4 Å². The minimum Gasteiger partial charge on any atom is -0.432 e. The molecular formula is C12H15NO6. The van der Waals surface area contributed by atoms with E-state index in [9.17, 15) is 14.9 Å². The summed E-state index contributed by atoms with van der Waals surface area (Å²) in [6.45, 7) is 3.00. The lowest BCUT2D eigenvalue weighted by molar-refractivity contribution is -0.384. The first kappa shape index (κ1) is 14.9. The average Bonchev–Trinajstić information content (AvgIpc) is 2.39. The Bertz CT molecular complexity index is 417. The molecule has 0 saturated heterocycles. The maximum atomic E-state index is 11.2. The van der Waals surface area contributed by atoms with Crippen molar-refractivity contribution in [3.63, 3.8) is 0 Å². The first-order valence-corrected chi connectivity index (χ1v) is 5.80. The normalized spacial score (nSPS) is 9.95.